The lowest BCUT2D eigenvalue weighted by Crippen LogP contribution is -2.38. The van der Waals surface area contributed by atoms with Crippen molar-refractivity contribution in [3.8, 4) is 11.1 Å². The minimum absolute atomic E-state index is 0.100. The fraction of sp³-hybridized carbons (Fsp3) is 0.214. The van der Waals surface area contributed by atoms with E-state index in [0.29, 0.717) is 33.7 Å². The average Bonchev–Trinajstić information content (AvgIpc) is 3.55. The van der Waals surface area contributed by atoms with E-state index in [1.54, 1.807) is 48.4 Å². The molecule has 0 aliphatic carbocycles. The largest absolute Gasteiger partial charge is 0.468 e. The maximum absolute atomic E-state index is 14.0. The predicted octanol–water partition coefficient (Wildman–Crippen LogP) is 5.47. The second kappa shape index (κ2) is 9.97. The van der Waals surface area contributed by atoms with Crippen LogP contribution in [0.5, 0.6) is 0 Å². The fourth-order valence-electron chi connectivity index (χ4n) is 4.74. The molecule has 0 aliphatic heterocycles. The molecule has 0 N–H and O–H groups in total. The highest BCUT2D eigenvalue weighted by molar-refractivity contribution is 5.84. The lowest BCUT2D eigenvalue weighted by molar-refractivity contribution is -0.147. The summed E-state index contributed by atoms with van der Waals surface area (Å²) in [6.45, 7) is 1.92. The molecule has 39 heavy (non-hydrogen) atoms. The molecule has 0 unspecified atom stereocenters. The van der Waals surface area contributed by atoms with Crippen molar-refractivity contribution in [2.24, 2.45) is 0 Å². The van der Waals surface area contributed by atoms with Crippen LogP contribution in [0.2, 0.25) is 0 Å². The van der Waals surface area contributed by atoms with Gasteiger partial charge >= 0.3 is 12.1 Å². The quantitative estimate of drug-likeness (QED) is 0.203. The van der Waals surface area contributed by atoms with Crippen LogP contribution in [-0.2, 0) is 34.1 Å². The normalized spacial score (nSPS) is 13.4. The van der Waals surface area contributed by atoms with E-state index in [-0.39, 0.29) is 13.0 Å². The minimum atomic E-state index is -4.48. The van der Waals surface area contributed by atoms with Gasteiger partial charge in [-0.3, -0.25) is 4.79 Å². The number of aromatic nitrogens is 5. The number of esters is 1. The van der Waals surface area contributed by atoms with E-state index in [1.807, 2.05) is 0 Å². The molecule has 0 saturated carbocycles. The minimum Gasteiger partial charge on any atom is -0.468 e. The first-order valence-corrected chi connectivity index (χ1v) is 11.9. The second-order valence-electron chi connectivity index (χ2n) is 9.33. The highest BCUT2D eigenvalue weighted by atomic mass is 19.4. The van der Waals surface area contributed by atoms with Crippen molar-refractivity contribution >= 4 is 11.6 Å². The maximum Gasteiger partial charge on any atom is 0.416 e. The zero-order valence-electron chi connectivity index (χ0n) is 21.0. The van der Waals surface area contributed by atoms with Crippen molar-refractivity contribution in [2.75, 3.05) is 7.11 Å². The Balaban J connectivity index is 1.71. The third-order valence-electron chi connectivity index (χ3n) is 6.63. The summed E-state index contributed by atoms with van der Waals surface area (Å²) in [6, 6.07) is 12.3. The molecule has 0 aliphatic rings. The molecule has 0 fully saturated rings. The number of hydrogen-bond acceptors (Lipinski definition) is 5. The van der Waals surface area contributed by atoms with Gasteiger partial charge in [0.2, 0.25) is 0 Å². The Morgan fingerprint density at radius 1 is 1.05 bits per heavy atom. The molecule has 3 aromatic heterocycles. The molecule has 1 atom stereocenters. The molecule has 5 rings (SSSR count). The van der Waals surface area contributed by atoms with E-state index in [9.17, 15) is 22.4 Å². The summed E-state index contributed by atoms with van der Waals surface area (Å²) in [5, 5.41) is 4.78. The van der Waals surface area contributed by atoms with E-state index < -0.39 is 28.9 Å². The lowest BCUT2D eigenvalue weighted by Gasteiger charge is -2.27. The van der Waals surface area contributed by atoms with Crippen molar-refractivity contribution in [1.82, 2.24) is 24.1 Å². The van der Waals surface area contributed by atoms with Crippen LogP contribution in [0.25, 0.3) is 16.8 Å². The van der Waals surface area contributed by atoms with E-state index in [4.69, 9.17) is 9.84 Å². The smallest absolute Gasteiger partial charge is 0.416 e. The number of carbonyl (C=O) groups excluding carboxylic acids is 1. The number of methoxy groups -OCH3 is 1. The Bertz CT molecular complexity index is 1630. The molecule has 0 spiro atoms. The van der Waals surface area contributed by atoms with E-state index in [1.165, 1.54) is 42.1 Å². The Kier molecular flexibility index (Phi) is 6.67. The van der Waals surface area contributed by atoms with Crippen LogP contribution in [0.4, 0.5) is 17.6 Å². The number of benzene rings is 2. The number of alkyl halides is 3. The maximum atomic E-state index is 14.0. The molecule has 0 amide bonds. The molecule has 3 heterocycles. The molecule has 2 aromatic carbocycles. The summed E-state index contributed by atoms with van der Waals surface area (Å²) in [7, 11) is 1.27. The first kappa shape index (κ1) is 26.1. The third-order valence-corrected chi connectivity index (χ3v) is 6.63. The Morgan fingerprint density at radius 2 is 1.82 bits per heavy atom. The number of nitrogens with zero attached hydrogens (tertiary/aromatic N) is 5. The van der Waals surface area contributed by atoms with Crippen LogP contribution in [0.1, 0.15) is 29.4 Å². The zero-order valence-corrected chi connectivity index (χ0v) is 21.0. The van der Waals surface area contributed by atoms with Crippen LogP contribution < -0.4 is 0 Å². The zero-order chi connectivity index (χ0) is 27.8. The average molecular weight is 538 g/mol. The highest BCUT2D eigenvalue weighted by Gasteiger charge is 2.40. The first-order valence-electron chi connectivity index (χ1n) is 11.9. The van der Waals surface area contributed by atoms with Crippen molar-refractivity contribution in [2.45, 2.75) is 31.5 Å². The van der Waals surface area contributed by atoms with Crippen LogP contribution >= 0.6 is 0 Å². The van der Waals surface area contributed by atoms with Crippen LogP contribution in [0.3, 0.4) is 0 Å². The number of hydrogen-bond donors (Lipinski definition) is 0. The predicted molar refractivity (Wildman–Crippen MR) is 134 cm³/mol. The lowest BCUT2D eigenvalue weighted by atomic mass is 9.80. The van der Waals surface area contributed by atoms with Gasteiger partial charge in [0.15, 0.2) is 5.65 Å². The van der Waals surface area contributed by atoms with Crippen molar-refractivity contribution in [1.29, 1.82) is 0 Å². The number of fused-ring (bicyclic) bond motifs is 1. The molecule has 5 aromatic rings. The topological polar surface area (TPSA) is 74.3 Å². The number of rotatable bonds is 7. The molecular weight excluding hydrogens is 514 g/mol. The van der Waals surface area contributed by atoms with Crippen molar-refractivity contribution in [3.63, 3.8) is 0 Å². The van der Waals surface area contributed by atoms with Gasteiger partial charge in [-0.05, 0) is 54.8 Å². The van der Waals surface area contributed by atoms with Gasteiger partial charge in [-0.2, -0.15) is 18.3 Å². The van der Waals surface area contributed by atoms with Crippen molar-refractivity contribution in [3.05, 3.63) is 108 Å². The summed E-state index contributed by atoms with van der Waals surface area (Å²) in [5.74, 6) is -1.01. The van der Waals surface area contributed by atoms with Gasteiger partial charge in [0.05, 0.1) is 42.5 Å². The van der Waals surface area contributed by atoms with Crippen molar-refractivity contribution < 1.29 is 27.1 Å². The van der Waals surface area contributed by atoms with Crippen LogP contribution in [-0.4, -0.2) is 37.2 Å². The van der Waals surface area contributed by atoms with Gasteiger partial charge < -0.3 is 9.30 Å². The number of imidazole rings is 1. The third kappa shape index (κ3) is 4.99. The van der Waals surface area contributed by atoms with Gasteiger partial charge in [-0.15, -0.1) is 0 Å². The fourth-order valence-corrected chi connectivity index (χ4v) is 4.74. The first-order chi connectivity index (χ1) is 18.6. The van der Waals surface area contributed by atoms with E-state index >= 15 is 0 Å². The SMILES string of the molecule is COC(=O)[C@](C)(Cc1cccc(F)c1)c1ccnc2c(-c3ccc(C(F)(F)F)cc3)c(Cn3ccnc3)nn12. The van der Waals surface area contributed by atoms with Gasteiger partial charge in [0.25, 0.3) is 0 Å². The summed E-state index contributed by atoms with van der Waals surface area (Å²) in [5.41, 5.74) is 0.748. The van der Waals surface area contributed by atoms with E-state index in [2.05, 4.69) is 9.97 Å². The Morgan fingerprint density at radius 3 is 2.46 bits per heavy atom. The van der Waals surface area contributed by atoms with E-state index in [0.717, 1.165) is 12.1 Å². The molecule has 7 nitrogen and oxygen atoms in total. The van der Waals surface area contributed by atoms with Gasteiger partial charge in [-0.25, -0.2) is 18.9 Å². The molecule has 0 bridgehead atoms. The summed E-state index contributed by atoms with van der Waals surface area (Å²) in [6.07, 6.45) is 2.06. The standard InChI is InChI=1S/C28H23F4N5O2/c1-27(26(38)39-2,15-18-4-3-5-21(29)14-18)23-10-11-34-25-24(19-6-8-20(9-7-19)28(30,31)32)22(35-37(23)25)16-36-13-12-33-17-36/h3-14,17H,15-16H2,1-2H3/t27-/m1/s1. The Labute approximate surface area is 220 Å². The summed E-state index contributed by atoms with van der Waals surface area (Å²) < 4.78 is 62.1. The van der Waals surface area contributed by atoms with Gasteiger partial charge in [0.1, 0.15) is 11.2 Å². The van der Waals surface area contributed by atoms with Crippen LogP contribution in [0, 0.1) is 5.82 Å². The number of ether oxygens (including phenoxy) is 1. The van der Waals surface area contributed by atoms with Gasteiger partial charge in [-0.1, -0.05) is 24.3 Å². The molecule has 200 valence electrons. The number of carbonyl (C=O) groups is 1. The Hall–Kier alpha value is -4.54. The molecule has 0 radical (unpaired) electrons. The summed E-state index contributed by atoms with van der Waals surface area (Å²) in [4.78, 5) is 21.8. The monoisotopic (exact) mass is 537 g/mol. The highest BCUT2D eigenvalue weighted by Crippen LogP contribution is 2.36. The van der Waals surface area contributed by atoms with Crippen LogP contribution in [0.15, 0.2) is 79.5 Å². The summed E-state index contributed by atoms with van der Waals surface area (Å²) >= 11 is 0. The molecular formula is C28H23F4N5O2. The number of halogens is 4. The second-order valence-corrected chi connectivity index (χ2v) is 9.33. The molecule has 0 saturated heterocycles. The molecule has 11 heteroatoms. The van der Waals surface area contributed by atoms with Gasteiger partial charge in [0, 0.05) is 18.6 Å².